The first-order valence-corrected chi connectivity index (χ1v) is 10.1. The van der Waals surface area contributed by atoms with Gasteiger partial charge in [0.1, 0.15) is 0 Å². The van der Waals surface area contributed by atoms with E-state index in [2.05, 4.69) is 52.3 Å². The third kappa shape index (κ3) is 6.47. The van der Waals surface area contributed by atoms with Gasteiger partial charge in [-0.2, -0.15) is 0 Å². The van der Waals surface area contributed by atoms with Crippen LogP contribution in [-0.2, 0) is 6.42 Å². The van der Waals surface area contributed by atoms with Gasteiger partial charge in [0.15, 0.2) is 0 Å². The lowest BCUT2D eigenvalue weighted by molar-refractivity contribution is 0.0658. The smallest absolute Gasteiger partial charge is 0.0446 e. The van der Waals surface area contributed by atoms with Gasteiger partial charge < -0.3 is 5.11 Å². The molecule has 1 saturated heterocycles. The van der Waals surface area contributed by atoms with Crippen molar-refractivity contribution in [2.24, 2.45) is 0 Å². The molecule has 1 fully saturated rings. The first-order chi connectivity index (χ1) is 13.2. The number of aliphatic hydroxyl groups is 1. The fraction of sp³-hybridized carbons (Fsp3) is 0.391. The summed E-state index contributed by atoms with van der Waals surface area (Å²) < 4.78 is 0. The van der Waals surface area contributed by atoms with E-state index in [0.717, 1.165) is 56.2 Å². The molecule has 1 heterocycles. The molecule has 2 aromatic carbocycles. The Hall–Kier alpha value is -1.65. The number of benzene rings is 2. The highest BCUT2D eigenvalue weighted by Gasteiger charge is 2.26. The summed E-state index contributed by atoms with van der Waals surface area (Å²) in [7, 11) is 0. The minimum atomic E-state index is 0.230. The predicted octanol–water partition coefficient (Wildman–Crippen LogP) is 3.88. The average Bonchev–Trinajstić information content (AvgIpc) is 2.69. The van der Waals surface area contributed by atoms with Crippen molar-refractivity contribution in [2.75, 3.05) is 39.3 Å². The number of aliphatic hydroxyl groups excluding tert-OH is 1. The van der Waals surface area contributed by atoms with Crippen LogP contribution in [0.5, 0.6) is 0 Å². The Morgan fingerprint density at radius 3 is 2.44 bits per heavy atom. The molecule has 3 rings (SSSR count). The predicted molar refractivity (Wildman–Crippen MR) is 114 cm³/mol. The SMILES string of the molecule is OCCC1CN(CC(Cl)=Cc2ccccc2)CCN1CCc1ccccc1. The third-order valence-electron chi connectivity index (χ3n) is 5.18. The summed E-state index contributed by atoms with van der Waals surface area (Å²) in [6, 6.07) is 21.2. The van der Waals surface area contributed by atoms with E-state index in [1.807, 2.05) is 24.3 Å². The van der Waals surface area contributed by atoms with Crippen molar-refractivity contribution in [1.82, 2.24) is 9.80 Å². The maximum Gasteiger partial charge on any atom is 0.0446 e. The first kappa shape index (κ1) is 20.1. The lowest BCUT2D eigenvalue weighted by Gasteiger charge is -2.41. The molecule has 1 aliphatic heterocycles. The third-order valence-corrected chi connectivity index (χ3v) is 5.41. The maximum atomic E-state index is 9.50. The largest absolute Gasteiger partial charge is 0.396 e. The van der Waals surface area contributed by atoms with Gasteiger partial charge in [0.25, 0.3) is 0 Å². The van der Waals surface area contributed by atoms with E-state index in [-0.39, 0.29) is 6.61 Å². The standard InChI is InChI=1S/C23H29ClN2O/c24-22(17-21-9-5-2-6-10-21)18-25-14-15-26(23(19-25)12-16-27)13-11-20-7-3-1-4-8-20/h1-10,17,23,27H,11-16,18-19H2. The van der Waals surface area contributed by atoms with Crippen molar-refractivity contribution in [3.05, 3.63) is 76.8 Å². The van der Waals surface area contributed by atoms with Gasteiger partial charge >= 0.3 is 0 Å². The number of hydrogen-bond acceptors (Lipinski definition) is 3. The lowest BCUT2D eigenvalue weighted by atomic mass is 10.1. The molecule has 1 aliphatic rings. The van der Waals surface area contributed by atoms with Crippen molar-refractivity contribution >= 4 is 17.7 Å². The number of nitrogens with zero attached hydrogens (tertiary/aromatic N) is 2. The van der Waals surface area contributed by atoms with Gasteiger partial charge in [-0.15, -0.1) is 0 Å². The van der Waals surface area contributed by atoms with E-state index in [1.165, 1.54) is 5.56 Å². The van der Waals surface area contributed by atoms with E-state index in [0.29, 0.717) is 6.04 Å². The van der Waals surface area contributed by atoms with Crippen molar-refractivity contribution in [3.63, 3.8) is 0 Å². The fourth-order valence-corrected chi connectivity index (χ4v) is 4.02. The molecular weight excluding hydrogens is 356 g/mol. The summed E-state index contributed by atoms with van der Waals surface area (Å²) in [4.78, 5) is 4.93. The van der Waals surface area contributed by atoms with Crippen LogP contribution in [0.15, 0.2) is 65.7 Å². The van der Waals surface area contributed by atoms with E-state index in [4.69, 9.17) is 11.6 Å². The highest BCUT2D eigenvalue weighted by molar-refractivity contribution is 6.31. The highest BCUT2D eigenvalue weighted by atomic mass is 35.5. The van der Waals surface area contributed by atoms with Crippen molar-refractivity contribution in [1.29, 1.82) is 0 Å². The molecule has 0 radical (unpaired) electrons. The molecule has 2 aromatic rings. The summed E-state index contributed by atoms with van der Waals surface area (Å²) in [6.45, 7) is 5.02. The molecule has 0 saturated carbocycles. The zero-order valence-corrected chi connectivity index (χ0v) is 16.6. The summed E-state index contributed by atoms with van der Waals surface area (Å²) in [6.07, 6.45) is 3.91. The first-order valence-electron chi connectivity index (χ1n) is 9.77. The zero-order valence-electron chi connectivity index (χ0n) is 15.8. The second kappa shape index (κ2) is 10.6. The van der Waals surface area contributed by atoms with Gasteiger partial charge in [0, 0.05) is 50.4 Å². The molecule has 0 aromatic heterocycles. The summed E-state index contributed by atoms with van der Waals surface area (Å²) >= 11 is 6.51. The number of hydrogen-bond donors (Lipinski definition) is 1. The molecule has 1 N–H and O–H groups in total. The molecule has 27 heavy (non-hydrogen) atoms. The topological polar surface area (TPSA) is 26.7 Å². The summed E-state index contributed by atoms with van der Waals surface area (Å²) in [5, 5.41) is 10.4. The van der Waals surface area contributed by atoms with Crippen LogP contribution in [0.25, 0.3) is 6.08 Å². The van der Waals surface area contributed by atoms with Crippen LogP contribution in [0.2, 0.25) is 0 Å². The van der Waals surface area contributed by atoms with E-state index >= 15 is 0 Å². The van der Waals surface area contributed by atoms with Crippen molar-refractivity contribution < 1.29 is 5.11 Å². The van der Waals surface area contributed by atoms with Crippen LogP contribution in [0, 0.1) is 0 Å². The molecule has 0 bridgehead atoms. The van der Waals surface area contributed by atoms with E-state index < -0.39 is 0 Å². The number of piperazine rings is 1. The Labute approximate surface area is 167 Å². The minimum absolute atomic E-state index is 0.230. The second-order valence-electron chi connectivity index (χ2n) is 7.17. The summed E-state index contributed by atoms with van der Waals surface area (Å²) in [5.41, 5.74) is 2.51. The van der Waals surface area contributed by atoms with E-state index in [1.54, 1.807) is 0 Å². The molecule has 4 heteroatoms. The minimum Gasteiger partial charge on any atom is -0.396 e. The Bertz CT molecular complexity index is 705. The Morgan fingerprint density at radius 2 is 1.74 bits per heavy atom. The van der Waals surface area contributed by atoms with Gasteiger partial charge in [-0.3, -0.25) is 9.80 Å². The quantitative estimate of drug-likeness (QED) is 0.748. The van der Waals surface area contributed by atoms with E-state index in [9.17, 15) is 5.11 Å². The molecule has 0 spiro atoms. The van der Waals surface area contributed by atoms with Gasteiger partial charge in [-0.25, -0.2) is 0 Å². The van der Waals surface area contributed by atoms with Gasteiger partial charge in [-0.05, 0) is 30.0 Å². The second-order valence-corrected chi connectivity index (χ2v) is 7.66. The Morgan fingerprint density at radius 1 is 1.04 bits per heavy atom. The molecule has 1 unspecified atom stereocenters. The monoisotopic (exact) mass is 384 g/mol. The number of rotatable bonds is 8. The average molecular weight is 385 g/mol. The molecule has 1 atom stereocenters. The fourth-order valence-electron chi connectivity index (χ4n) is 3.72. The van der Waals surface area contributed by atoms with Crippen LogP contribution >= 0.6 is 11.6 Å². The van der Waals surface area contributed by atoms with Crippen LogP contribution in [0.1, 0.15) is 17.5 Å². The van der Waals surface area contributed by atoms with Crippen LogP contribution < -0.4 is 0 Å². The zero-order chi connectivity index (χ0) is 18.9. The van der Waals surface area contributed by atoms with Gasteiger partial charge in [-0.1, -0.05) is 72.3 Å². The van der Waals surface area contributed by atoms with Crippen LogP contribution in [0.3, 0.4) is 0 Å². The maximum absolute atomic E-state index is 9.50. The Kier molecular flexibility index (Phi) is 7.91. The normalized spacial score (nSPS) is 19.3. The lowest BCUT2D eigenvalue weighted by Crippen LogP contribution is -2.54. The van der Waals surface area contributed by atoms with Gasteiger partial charge in [0.2, 0.25) is 0 Å². The molecule has 144 valence electrons. The molecule has 3 nitrogen and oxygen atoms in total. The number of halogens is 1. The van der Waals surface area contributed by atoms with Crippen LogP contribution in [-0.4, -0.2) is 60.3 Å². The molecule has 0 aliphatic carbocycles. The Balaban J connectivity index is 1.54. The highest BCUT2D eigenvalue weighted by Crippen LogP contribution is 2.18. The molecule has 0 amide bonds. The van der Waals surface area contributed by atoms with Crippen molar-refractivity contribution in [2.45, 2.75) is 18.9 Å². The summed E-state index contributed by atoms with van der Waals surface area (Å²) in [5.74, 6) is 0. The van der Waals surface area contributed by atoms with Gasteiger partial charge in [0.05, 0.1) is 0 Å². The van der Waals surface area contributed by atoms with Crippen molar-refractivity contribution in [3.8, 4) is 0 Å². The van der Waals surface area contributed by atoms with Crippen LogP contribution in [0.4, 0.5) is 0 Å². The molecular formula is C23H29ClN2O.